The normalized spacial score (nSPS) is 10.1. The van der Waals surface area contributed by atoms with Gasteiger partial charge in [0.2, 0.25) is 0 Å². The molecular weight excluding hydrogens is 107 g/mol. The summed E-state index contributed by atoms with van der Waals surface area (Å²) in [5.41, 5.74) is 0. The fourth-order valence-electron chi connectivity index (χ4n) is 0. The molecule has 0 spiro atoms. The van der Waals surface area contributed by atoms with Gasteiger partial charge in [-0.2, -0.15) is 0 Å². The van der Waals surface area contributed by atoms with E-state index < -0.39 is 7.14 Å². The number of hydrogen-bond donors (Lipinski definition) is 0. The molecule has 0 aromatic carbocycles. The summed E-state index contributed by atoms with van der Waals surface area (Å²) in [7, 11) is -1.65. The highest BCUT2D eigenvalue weighted by atomic mass is 31.2. The second kappa shape index (κ2) is 3.26. The zero-order valence-corrected chi connectivity index (χ0v) is 5.46. The van der Waals surface area contributed by atoms with Crippen LogP contribution in [0.4, 0.5) is 0 Å². The molecule has 0 amide bonds. The lowest BCUT2D eigenvalue weighted by Gasteiger charge is -1.95. The second-order valence-corrected chi connectivity index (χ2v) is 5.67. The zero-order valence-electron chi connectivity index (χ0n) is 4.56. The van der Waals surface area contributed by atoms with E-state index in [1.807, 2.05) is 6.92 Å². The van der Waals surface area contributed by atoms with Crippen molar-refractivity contribution in [2.45, 2.75) is 14.4 Å². The van der Waals surface area contributed by atoms with Crippen molar-refractivity contribution in [3.63, 3.8) is 0 Å². The molecule has 0 heterocycles. The van der Waals surface area contributed by atoms with Gasteiger partial charge in [-0.1, -0.05) is 14.4 Å². The second-order valence-electron chi connectivity index (χ2n) is 1.89. The molecule has 2 heteroatoms. The summed E-state index contributed by atoms with van der Waals surface area (Å²) in [6.45, 7) is 5.54. The molecule has 0 atom stereocenters. The van der Waals surface area contributed by atoms with Crippen molar-refractivity contribution in [3.8, 4) is 0 Å². The maximum atomic E-state index is 10.6. The summed E-state index contributed by atoms with van der Waals surface area (Å²) in [6.07, 6.45) is 0.826. The SMILES string of the molecule is C.CCP(C)(C)=O. The topological polar surface area (TPSA) is 17.1 Å². The molecule has 7 heavy (non-hydrogen) atoms. The van der Waals surface area contributed by atoms with Crippen molar-refractivity contribution in [1.29, 1.82) is 0 Å². The van der Waals surface area contributed by atoms with Crippen LogP contribution in [0, 0.1) is 0 Å². The largest absolute Gasteiger partial charge is 0.324 e. The summed E-state index contributed by atoms with van der Waals surface area (Å²) in [4.78, 5) is 0. The van der Waals surface area contributed by atoms with Gasteiger partial charge >= 0.3 is 0 Å². The van der Waals surface area contributed by atoms with Gasteiger partial charge < -0.3 is 4.57 Å². The standard InChI is InChI=1S/C4H11OP.CH4/c1-4-6(2,3)5;/h4H2,1-3H3;1H4. The number of rotatable bonds is 1. The van der Waals surface area contributed by atoms with E-state index >= 15 is 0 Å². The minimum absolute atomic E-state index is 0. The van der Waals surface area contributed by atoms with Crippen LogP contribution in [0.25, 0.3) is 0 Å². The average molecular weight is 122 g/mol. The lowest BCUT2D eigenvalue weighted by atomic mass is 11.0. The van der Waals surface area contributed by atoms with Gasteiger partial charge in [-0.3, -0.25) is 0 Å². The molecule has 46 valence electrons. The Morgan fingerprint density at radius 1 is 1.43 bits per heavy atom. The molecule has 0 rings (SSSR count). The Bertz CT molecular complexity index is 72.1. The smallest absolute Gasteiger partial charge is 0.0816 e. The van der Waals surface area contributed by atoms with E-state index in [9.17, 15) is 4.57 Å². The fourth-order valence-corrected chi connectivity index (χ4v) is 0. The maximum absolute atomic E-state index is 10.6. The average Bonchev–Trinajstić information content (AvgIpc) is 1.35. The molecule has 0 fully saturated rings. The Morgan fingerprint density at radius 2 is 1.57 bits per heavy atom. The van der Waals surface area contributed by atoms with Crippen LogP contribution in [0.3, 0.4) is 0 Å². The third-order valence-electron chi connectivity index (χ3n) is 0.762. The summed E-state index contributed by atoms with van der Waals surface area (Å²) >= 11 is 0. The Balaban J connectivity index is 0. The first-order valence-electron chi connectivity index (χ1n) is 2.10. The molecule has 0 aliphatic rings. The van der Waals surface area contributed by atoms with Crippen LogP contribution in [0.2, 0.25) is 0 Å². The van der Waals surface area contributed by atoms with E-state index in [0.29, 0.717) is 0 Å². The summed E-state index contributed by atoms with van der Waals surface area (Å²) in [5, 5.41) is 0. The Hall–Kier alpha value is 0.230. The van der Waals surface area contributed by atoms with Gasteiger partial charge in [-0.05, 0) is 19.5 Å². The van der Waals surface area contributed by atoms with Crippen LogP contribution in [0.15, 0.2) is 0 Å². The van der Waals surface area contributed by atoms with E-state index in [1.165, 1.54) is 0 Å². The van der Waals surface area contributed by atoms with E-state index in [1.54, 1.807) is 13.3 Å². The van der Waals surface area contributed by atoms with Gasteiger partial charge in [0.25, 0.3) is 0 Å². The first-order valence-corrected chi connectivity index (χ1v) is 4.89. The highest BCUT2D eigenvalue weighted by Crippen LogP contribution is 2.34. The molecule has 0 aliphatic heterocycles. The first-order chi connectivity index (χ1) is 2.56. The van der Waals surface area contributed by atoms with Crippen LogP contribution in [-0.2, 0) is 4.57 Å². The quantitative estimate of drug-likeness (QED) is 0.487. The number of hydrogen-bond acceptors (Lipinski definition) is 1. The van der Waals surface area contributed by atoms with Crippen molar-refractivity contribution in [1.82, 2.24) is 0 Å². The van der Waals surface area contributed by atoms with Gasteiger partial charge in [0.1, 0.15) is 0 Å². The van der Waals surface area contributed by atoms with Gasteiger partial charge in [0.05, 0.1) is 7.14 Å². The van der Waals surface area contributed by atoms with E-state index in [2.05, 4.69) is 0 Å². The Kier molecular flexibility index (Phi) is 4.78. The minimum atomic E-state index is -1.65. The van der Waals surface area contributed by atoms with Crippen LogP contribution in [0.1, 0.15) is 14.4 Å². The molecule has 0 aromatic rings. The lowest BCUT2D eigenvalue weighted by Crippen LogP contribution is -1.74. The third-order valence-corrected chi connectivity index (χ3v) is 2.28. The molecular formula is C5H15OP. The predicted octanol–water partition coefficient (Wildman–Crippen LogP) is 2.27. The summed E-state index contributed by atoms with van der Waals surface area (Å²) < 4.78 is 10.6. The van der Waals surface area contributed by atoms with Gasteiger partial charge in [0.15, 0.2) is 0 Å². The van der Waals surface area contributed by atoms with Gasteiger partial charge in [-0.25, -0.2) is 0 Å². The summed E-state index contributed by atoms with van der Waals surface area (Å²) in [5.74, 6) is 0. The fraction of sp³-hybridized carbons (Fsp3) is 1.00. The lowest BCUT2D eigenvalue weighted by molar-refractivity contribution is 0.583. The van der Waals surface area contributed by atoms with E-state index in [0.717, 1.165) is 6.16 Å². The van der Waals surface area contributed by atoms with Gasteiger partial charge in [0, 0.05) is 0 Å². The Morgan fingerprint density at radius 3 is 1.57 bits per heavy atom. The van der Waals surface area contributed by atoms with Crippen LogP contribution >= 0.6 is 7.14 Å². The van der Waals surface area contributed by atoms with Crippen molar-refractivity contribution >= 4 is 7.14 Å². The predicted molar refractivity (Wildman–Crippen MR) is 36.7 cm³/mol. The Labute approximate surface area is 46.5 Å². The minimum Gasteiger partial charge on any atom is -0.324 e. The third kappa shape index (κ3) is 10.7. The van der Waals surface area contributed by atoms with Crippen LogP contribution in [0.5, 0.6) is 0 Å². The molecule has 0 saturated carbocycles. The van der Waals surface area contributed by atoms with Crippen LogP contribution in [-0.4, -0.2) is 19.5 Å². The molecule has 0 bridgehead atoms. The molecule has 1 nitrogen and oxygen atoms in total. The maximum Gasteiger partial charge on any atom is 0.0816 e. The molecule has 0 N–H and O–H groups in total. The molecule has 0 unspecified atom stereocenters. The van der Waals surface area contributed by atoms with E-state index in [4.69, 9.17) is 0 Å². The highest BCUT2D eigenvalue weighted by molar-refractivity contribution is 7.62. The monoisotopic (exact) mass is 122 g/mol. The van der Waals surface area contributed by atoms with Crippen molar-refractivity contribution in [2.75, 3.05) is 19.5 Å². The van der Waals surface area contributed by atoms with Crippen molar-refractivity contribution in [2.24, 2.45) is 0 Å². The summed E-state index contributed by atoms with van der Waals surface area (Å²) in [6, 6.07) is 0. The first kappa shape index (κ1) is 10.3. The van der Waals surface area contributed by atoms with E-state index in [-0.39, 0.29) is 7.43 Å². The van der Waals surface area contributed by atoms with Crippen molar-refractivity contribution in [3.05, 3.63) is 0 Å². The van der Waals surface area contributed by atoms with Crippen LogP contribution < -0.4 is 0 Å². The molecule has 0 saturated heterocycles. The van der Waals surface area contributed by atoms with Gasteiger partial charge in [-0.15, -0.1) is 0 Å². The molecule has 0 radical (unpaired) electrons. The highest BCUT2D eigenvalue weighted by Gasteiger charge is 1.98. The molecule has 0 aliphatic carbocycles. The molecule has 0 aromatic heterocycles. The van der Waals surface area contributed by atoms with Crippen molar-refractivity contribution < 1.29 is 4.57 Å². The zero-order chi connectivity index (χ0) is 5.21.